The highest BCUT2D eigenvalue weighted by Crippen LogP contribution is 2.38. The molecule has 0 aliphatic heterocycles. The van der Waals surface area contributed by atoms with Gasteiger partial charge in [0.1, 0.15) is 11.6 Å². The molecule has 0 aliphatic rings. The summed E-state index contributed by atoms with van der Waals surface area (Å²) >= 11 is 9.14. The molecule has 112 valence electrons. The summed E-state index contributed by atoms with van der Waals surface area (Å²) in [4.78, 5) is 10.3. The van der Waals surface area contributed by atoms with Crippen molar-refractivity contribution in [3.8, 4) is 5.75 Å². The summed E-state index contributed by atoms with van der Waals surface area (Å²) in [6, 6.07) is 9.21. The number of hydrogen-bond acceptors (Lipinski definition) is 6. The fraction of sp³-hybridized carbons (Fsp3) is 0.0667. The predicted molar refractivity (Wildman–Crippen MR) is 91.6 cm³/mol. The smallest absolute Gasteiger partial charge is 0.188 e. The van der Waals surface area contributed by atoms with Crippen LogP contribution in [-0.2, 0) is 0 Å². The first kappa shape index (κ1) is 15.1. The fourth-order valence-electron chi connectivity index (χ4n) is 1.76. The number of benzene rings is 1. The van der Waals surface area contributed by atoms with Crippen molar-refractivity contribution in [1.82, 2.24) is 9.97 Å². The van der Waals surface area contributed by atoms with E-state index in [9.17, 15) is 5.11 Å². The molecule has 3 aromatic rings. The van der Waals surface area contributed by atoms with Gasteiger partial charge in [-0.3, -0.25) is 0 Å². The predicted octanol–water partition coefficient (Wildman–Crippen LogP) is 5.10. The molecule has 0 spiro atoms. The van der Waals surface area contributed by atoms with Crippen LogP contribution in [0.4, 0.5) is 10.9 Å². The summed E-state index contributed by atoms with van der Waals surface area (Å²) < 4.78 is 0. The van der Waals surface area contributed by atoms with Crippen LogP contribution in [0.2, 0.25) is 5.02 Å². The number of anilines is 2. The van der Waals surface area contributed by atoms with Gasteiger partial charge in [-0.1, -0.05) is 35.5 Å². The van der Waals surface area contributed by atoms with Gasteiger partial charge >= 0.3 is 0 Å². The zero-order valence-electron chi connectivity index (χ0n) is 11.6. The Labute approximate surface area is 141 Å². The number of rotatable bonds is 4. The van der Waals surface area contributed by atoms with Gasteiger partial charge in [0.15, 0.2) is 5.13 Å². The Hall–Kier alpha value is -1.76. The third-order valence-electron chi connectivity index (χ3n) is 2.74. The van der Waals surface area contributed by atoms with Crippen LogP contribution in [0.25, 0.3) is 0 Å². The van der Waals surface area contributed by atoms with Crippen molar-refractivity contribution in [3.05, 3.63) is 52.6 Å². The topological polar surface area (TPSA) is 58.0 Å². The second-order valence-electron chi connectivity index (χ2n) is 4.49. The molecule has 4 nitrogen and oxygen atoms in total. The number of aromatic hydroxyl groups is 1. The molecule has 2 aromatic heterocycles. The highest BCUT2D eigenvalue weighted by atomic mass is 35.5. The molecule has 0 radical (unpaired) electrons. The lowest BCUT2D eigenvalue weighted by molar-refractivity contribution is 0.471. The molecule has 1 aromatic carbocycles. The number of pyridine rings is 1. The molecule has 0 fully saturated rings. The van der Waals surface area contributed by atoms with E-state index in [2.05, 4.69) is 15.3 Å². The van der Waals surface area contributed by atoms with E-state index in [0.717, 1.165) is 20.6 Å². The van der Waals surface area contributed by atoms with Gasteiger partial charge in [0, 0.05) is 10.3 Å². The van der Waals surface area contributed by atoms with Crippen LogP contribution >= 0.6 is 34.7 Å². The summed E-state index contributed by atoms with van der Waals surface area (Å²) in [6.07, 6.45) is 1.40. The van der Waals surface area contributed by atoms with Crippen LogP contribution in [0.5, 0.6) is 5.75 Å². The molecule has 2 heterocycles. The minimum Gasteiger partial charge on any atom is -0.506 e. The molecule has 0 amide bonds. The van der Waals surface area contributed by atoms with Crippen molar-refractivity contribution in [3.63, 3.8) is 0 Å². The van der Waals surface area contributed by atoms with E-state index in [0.29, 0.717) is 10.8 Å². The van der Waals surface area contributed by atoms with Gasteiger partial charge in [-0.25, -0.2) is 9.97 Å². The van der Waals surface area contributed by atoms with E-state index in [-0.39, 0.29) is 5.75 Å². The number of aromatic nitrogens is 2. The maximum absolute atomic E-state index is 9.71. The van der Waals surface area contributed by atoms with Crippen molar-refractivity contribution >= 4 is 45.6 Å². The largest absolute Gasteiger partial charge is 0.506 e. The maximum Gasteiger partial charge on any atom is 0.188 e. The van der Waals surface area contributed by atoms with Gasteiger partial charge in [0.25, 0.3) is 0 Å². The average Bonchev–Trinajstić information content (AvgIpc) is 2.90. The number of thiazole rings is 1. The second-order valence-corrected chi connectivity index (χ2v) is 6.84. The minimum atomic E-state index is 0.107. The molecule has 3 rings (SSSR count). The van der Waals surface area contributed by atoms with Gasteiger partial charge in [-0.2, -0.15) is 0 Å². The SMILES string of the molecule is Cc1csc(Nc2ncc(O)cc2Sc2ccccc2Cl)n1. The number of halogens is 1. The number of hydrogen-bond donors (Lipinski definition) is 2. The number of aryl methyl sites for hydroxylation is 1. The molecule has 2 N–H and O–H groups in total. The van der Waals surface area contributed by atoms with Crippen molar-refractivity contribution < 1.29 is 5.11 Å². The Bertz CT molecular complexity index is 807. The molecule has 0 bridgehead atoms. The third kappa shape index (κ3) is 3.52. The lowest BCUT2D eigenvalue weighted by Gasteiger charge is -2.10. The van der Waals surface area contributed by atoms with E-state index >= 15 is 0 Å². The molecule has 0 unspecified atom stereocenters. The van der Waals surface area contributed by atoms with Crippen molar-refractivity contribution in [2.45, 2.75) is 16.7 Å². The average molecular weight is 350 g/mol. The van der Waals surface area contributed by atoms with E-state index in [1.165, 1.54) is 29.3 Å². The quantitative estimate of drug-likeness (QED) is 0.686. The molecular weight excluding hydrogens is 338 g/mol. The monoisotopic (exact) mass is 349 g/mol. The standard InChI is InChI=1S/C15H12ClN3OS2/c1-9-8-21-15(18-9)19-14-13(6-10(20)7-17-14)22-12-5-3-2-4-11(12)16/h2-8,20H,1H3,(H,17,18,19). The molecule has 7 heteroatoms. The summed E-state index contributed by atoms with van der Waals surface area (Å²) in [7, 11) is 0. The highest BCUT2D eigenvalue weighted by molar-refractivity contribution is 7.99. The molecule has 0 saturated heterocycles. The van der Waals surface area contributed by atoms with Gasteiger partial charge in [-0.05, 0) is 25.1 Å². The van der Waals surface area contributed by atoms with Crippen LogP contribution in [0.15, 0.2) is 51.7 Å². The fourth-order valence-corrected chi connectivity index (χ4v) is 3.63. The molecule has 22 heavy (non-hydrogen) atoms. The first-order valence-corrected chi connectivity index (χ1v) is 8.50. The lowest BCUT2D eigenvalue weighted by Crippen LogP contribution is -1.95. The number of nitrogens with one attached hydrogen (secondary N) is 1. The van der Waals surface area contributed by atoms with Crippen LogP contribution in [-0.4, -0.2) is 15.1 Å². The second kappa shape index (κ2) is 6.56. The minimum absolute atomic E-state index is 0.107. The summed E-state index contributed by atoms with van der Waals surface area (Å²) in [5.41, 5.74) is 0.951. The van der Waals surface area contributed by atoms with Crippen LogP contribution in [0.1, 0.15) is 5.69 Å². The van der Waals surface area contributed by atoms with Crippen molar-refractivity contribution in [2.75, 3.05) is 5.32 Å². The summed E-state index contributed by atoms with van der Waals surface area (Å²) in [6.45, 7) is 1.94. The Kier molecular flexibility index (Phi) is 4.52. The Morgan fingerprint density at radius 1 is 1.27 bits per heavy atom. The maximum atomic E-state index is 9.71. The molecule has 0 saturated carbocycles. The van der Waals surface area contributed by atoms with Crippen LogP contribution in [0.3, 0.4) is 0 Å². The van der Waals surface area contributed by atoms with Gasteiger partial charge in [0.2, 0.25) is 0 Å². The van der Waals surface area contributed by atoms with Gasteiger partial charge in [-0.15, -0.1) is 11.3 Å². The van der Waals surface area contributed by atoms with E-state index < -0.39 is 0 Å². The third-order valence-corrected chi connectivity index (χ3v) is 5.16. The summed E-state index contributed by atoms with van der Waals surface area (Å²) in [5.74, 6) is 0.743. The first-order valence-electron chi connectivity index (χ1n) is 6.42. The molecule has 0 atom stereocenters. The Morgan fingerprint density at radius 2 is 2.09 bits per heavy atom. The molecule has 0 aliphatic carbocycles. The lowest BCUT2D eigenvalue weighted by atomic mass is 10.4. The van der Waals surface area contributed by atoms with E-state index in [4.69, 9.17) is 11.6 Å². The molecular formula is C15H12ClN3OS2. The summed E-state index contributed by atoms with van der Waals surface area (Å²) in [5, 5.41) is 16.3. The van der Waals surface area contributed by atoms with E-state index in [1.54, 1.807) is 6.07 Å². The van der Waals surface area contributed by atoms with Crippen molar-refractivity contribution in [2.24, 2.45) is 0 Å². The van der Waals surface area contributed by atoms with Crippen LogP contribution < -0.4 is 5.32 Å². The number of nitrogens with zero attached hydrogens (tertiary/aromatic N) is 2. The van der Waals surface area contributed by atoms with Gasteiger partial charge < -0.3 is 10.4 Å². The van der Waals surface area contributed by atoms with Crippen LogP contribution in [0, 0.1) is 6.92 Å². The normalized spacial score (nSPS) is 10.6. The van der Waals surface area contributed by atoms with Crippen molar-refractivity contribution in [1.29, 1.82) is 0 Å². The zero-order chi connectivity index (χ0) is 15.5. The highest BCUT2D eigenvalue weighted by Gasteiger charge is 2.11. The first-order chi connectivity index (χ1) is 10.6. The Morgan fingerprint density at radius 3 is 2.82 bits per heavy atom. The Balaban J connectivity index is 1.92. The van der Waals surface area contributed by atoms with Gasteiger partial charge in [0.05, 0.1) is 21.8 Å². The van der Waals surface area contributed by atoms with E-state index in [1.807, 2.05) is 36.6 Å². The zero-order valence-corrected chi connectivity index (χ0v) is 14.0.